The van der Waals surface area contributed by atoms with Crippen molar-refractivity contribution in [2.24, 2.45) is 0 Å². The number of anilines is 1. The summed E-state index contributed by atoms with van der Waals surface area (Å²) in [7, 11) is 0. The lowest BCUT2D eigenvalue weighted by atomic mass is 10.2. The quantitative estimate of drug-likeness (QED) is 0.762. The minimum Gasteiger partial charge on any atom is -0.391 e. The van der Waals surface area contributed by atoms with Crippen molar-refractivity contribution in [3.63, 3.8) is 0 Å². The predicted octanol–water partition coefficient (Wildman–Crippen LogP) is 1.07. The van der Waals surface area contributed by atoms with Gasteiger partial charge in [-0.05, 0) is 41.3 Å². The maximum absolute atomic E-state index is 12.0. The van der Waals surface area contributed by atoms with Gasteiger partial charge in [0.05, 0.1) is 17.7 Å². The highest BCUT2D eigenvalue weighted by molar-refractivity contribution is 9.10. The average molecular weight is 300 g/mol. The molecule has 0 radical (unpaired) electrons. The van der Waals surface area contributed by atoms with Crippen molar-refractivity contribution in [2.75, 3.05) is 5.73 Å². The number of aromatic nitrogens is 1. The van der Waals surface area contributed by atoms with E-state index in [1.54, 1.807) is 6.07 Å². The predicted molar refractivity (Wildman–Crippen MR) is 67.5 cm³/mol. The van der Waals surface area contributed by atoms with Gasteiger partial charge in [0.15, 0.2) is 0 Å². The highest BCUT2D eigenvalue weighted by Gasteiger charge is 2.27. The number of rotatable bonds is 2. The van der Waals surface area contributed by atoms with E-state index in [0.29, 0.717) is 10.0 Å². The summed E-state index contributed by atoms with van der Waals surface area (Å²) in [6, 6.07) is 1.44. The van der Waals surface area contributed by atoms with Crippen LogP contribution in [0.25, 0.3) is 0 Å². The molecule has 2 atom stereocenters. The van der Waals surface area contributed by atoms with Crippen LogP contribution in [-0.2, 0) is 0 Å². The zero-order chi connectivity index (χ0) is 12.4. The number of nitrogens with one attached hydrogen (secondary N) is 1. The Labute approximate surface area is 108 Å². The van der Waals surface area contributed by atoms with Crippen LogP contribution < -0.4 is 11.1 Å². The van der Waals surface area contributed by atoms with E-state index in [2.05, 4.69) is 26.2 Å². The summed E-state index contributed by atoms with van der Waals surface area (Å²) in [6.45, 7) is 0. The van der Waals surface area contributed by atoms with Crippen molar-refractivity contribution in [2.45, 2.75) is 31.4 Å². The number of nitrogens with two attached hydrogens (primary N) is 1. The number of nitrogen functional groups attached to an aromatic ring is 1. The van der Waals surface area contributed by atoms with Crippen molar-refractivity contribution >= 4 is 27.7 Å². The van der Waals surface area contributed by atoms with Crippen LogP contribution in [0.2, 0.25) is 0 Å². The number of pyridine rings is 1. The first-order chi connectivity index (χ1) is 8.08. The van der Waals surface area contributed by atoms with Gasteiger partial charge in [-0.15, -0.1) is 0 Å². The fourth-order valence-corrected chi connectivity index (χ4v) is 2.32. The molecule has 0 unspecified atom stereocenters. The summed E-state index contributed by atoms with van der Waals surface area (Å²) < 4.78 is 0.698. The molecule has 1 fully saturated rings. The number of carbonyl (C=O) groups excluding carboxylic acids is 1. The van der Waals surface area contributed by atoms with Gasteiger partial charge in [0, 0.05) is 10.7 Å². The van der Waals surface area contributed by atoms with Gasteiger partial charge in [-0.1, -0.05) is 0 Å². The molecule has 1 aliphatic rings. The van der Waals surface area contributed by atoms with Gasteiger partial charge in [-0.25, -0.2) is 4.98 Å². The molecule has 1 aromatic rings. The summed E-state index contributed by atoms with van der Waals surface area (Å²) in [5.41, 5.74) is 5.98. The number of carbonyl (C=O) groups is 1. The van der Waals surface area contributed by atoms with Crippen LogP contribution in [0.5, 0.6) is 0 Å². The molecule has 0 aliphatic heterocycles. The van der Waals surface area contributed by atoms with Gasteiger partial charge in [0.25, 0.3) is 5.91 Å². The molecule has 6 heteroatoms. The van der Waals surface area contributed by atoms with Crippen LogP contribution >= 0.6 is 15.9 Å². The van der Waals surface area contributed by atoms with Crippen LogP contribution in [-0.4, -0.2) is 28.1 Å². The average Bonchev–Trinajstić information content (AvgIpc) is 2.68. The molecule has 92 valence electrons. The van der Waals surface area contributed by atoms with Crippen LogP contribution in [0.3, 0.4) is 0 Å². The van der Waals surface area contributed by atoms with Gasteiger partial charge in [0.1, 0.15) is 5.82 Å². The second-order valence-electron chi connectivity index (χ2n) is 4.16. The maximum Gasteiger partial charge on any atom is 0.255 e. The summed E-state index contributed by atoms with van der Waals surface area (Å²) >= 11 is 3.24. The number of hydrogen-bond donors (Lipinski definition) is 3. The third-order valence-corrected chi connectivity index (χ3v) is 3.36. The first-order valence-corrected chi connectivity index (χ1v) is 6.27. The van der Waals surface area contributed by atoms with E-state index in [1.807, 2.05) is 0 Å². The Hall–Kier alpha value is -1.14. The molecule has 0 spiro atoms. The lowest BCUT2D eigenvalue weighted by molar-refractivity contribution is 0.0874. The second kappa shape index (κ2) is 5.01. The molecule has 2 rings (SSSR count). The first-order valence-electron chi connectivity index (χ1n) is 5.48. The standard InChI is InChI=1S/C11H14BrN3O2/c12-6-4-7(10(13)14-5-6)11(17)15-8-2-1-3-9(8)16/h4-5,8-9,16H,1-3H2,(H2,13,14)(H,15,17)/t8-,9-/m0/s1. The molecule has 1 aliphatic carbocycles. The topological polar surface area (TPSA) is 88.2 Å². The van der Waals surface area contributed by atoms with Crippen molar-refractivity contribution < 1.29 is 9.90 Å². The molecule has 1 saturated carbocycles. The first kappa shape index (κ1) is 12.3. The molecular weight excluding hydrogens is 286 g/mol. The Morgan fingerprint density at radius 1 is 1.59 bits per heavy atom. The van der Waals surface area contributed by atoms with Gasteiger partial charge in [0.2, 0.25) is 0 Å². The van der Waals surface area contributed by atoms with Crippen molar-refractivity contribution in [1.29, 1.82) is 0 Å². The lowest BCUT2D eigenvalue weighted by Crippen LogP contribution is -2.40. The summed E-state index contributed by atoms with van der Waals surface area (Å²) in [5, 5.41) is 12.4. The SMILES string of the molecule is Nc1ncc(Br)cc1C(=O)N[C@H]1CCC[C@@H]1O. The normalized spacial score (nSPS) is 23.6. The van der Waals surface area contributed by atoms with Crippen LogP contribution in [0.1, 0.15) is 29.6 Å². The molecule has 4 N–H and O–H groups in total. The van der Waals surface area contributed by atoms with Gasteiger partial charge >= 0.3 is 0 Å². The molecule has 0 saturated heterocycles. The highest BCUT2D eigenvalue weighted by Crippen LogP contribution is 2.20. The molecule has 17 heavy (non-hydrogen) atoms. The minimum atomic E-state index is -0.458. The molecule has 5 nitrogen and oxygen atoms in total. The Kier molecular flexibility index (Phi) is 3.63. The second-order valence-corrected chi connectivity index (χ2v) is 5.08. The number of nitrogens with zero attached hydrogens (tertiary/aromatic N) is 1. The van der Waals surface area contributed by atoms with E-state index < -0.39 is 6.10 Å². The fraction of sp³-hybridized carbons (Fsp3) is 0.455. The number of aliphatic hydroxyl groups excluding tert-OH is 1. The zero-order valence-electron chi connectivity index (χ0n) is 9.19. The fourth-order valence-electron chi connectivity index (χ4n) is 1.99. The lowest BCUT2D eigenvalue weighted by Gasteiger charge is -2.16. The largest absolute Gasteiger partial charge is 0.391 e. The molecule has 1 heterocycles. The zero-order valence-corrected chi connectivity index (χ0v) is 10.8. The van der Waals surface area contributed by atoms with Crippen LogP contribution in [0, 0.1) is 0 Å². The smallest absolute Gasteiger partial charge is 0.255 e. The van der Waals surface area contributed by atoms with Gasteiger partial charge < -0.3 is 16.2 Å². The van der Waals surface area contributed by atoms with E-state index >= 15 is 0 Å². The third-order valence-electron chi connectivity index (χ3n) is 2.93. The monoisotopic (exact) mass is 299 g/mol. The number of halogens is 1. The molecule has 1 amide bonds. The van der Waals surface area contributed by atoms with Gasteiger partial charge in [-0.3, -0.25) is 4.79 Å². The van der Waals surface area contributed by atoms with Crippen molar-refractivity contribution in [1.82, 2.24) is 10.3 Å². The molecular formula is C11H14BrN3O2. The van der Waals surface area contributed by atoms with E-state index in [0.717, 1.165) is 19.3 Å². The summed E-state index contributed by atoms with van der Waals surface area (Å²) in [5.74, 6) is -0.0968. The van der Waals surface area contributed by atoms with Crippen molar-refractivity contribution in [3.8, 4) is 0 Å². The molecule has 0 bridgehead atoms. The highest BCUT2D eigenvalue weighted by atomic mass is 79.9. The molecule has 0 aromatic carbocycles. The third kappa shape index (κ3) is 2.76. The number of amides is 1. The Bertz CT molecular complexity index is 439. The summed E-state index contributed by atoms with van der Waals surface area (Å²) in [4.78, 5) is 15.9. The van der Waals surface area contributed by atoms with E-state index in [-0.39, 0.29) is 17.8 Å². The minimum absolute atomic E-state index is 0.180. The summed E-state index contributed by atoms with van der Waals surface area (Å²) in [6.07, 6.45) is 3.54. The van der Waals surface area contributed by atoms with Crippen molar-refractivity contribution in [3.05, 3.63) is 22.3 Å². The Morgan fingerprint density at radius 3 is 3.00 bits per heavy atom. The molecule has 1 aromatic heterocycles. The maximum atomic E-state index is 12.0. The van der Waals surface area contributed by atoms with Gasteiger partial charge in [-0.2, -0.15) is 0 Å². The Balaban J connectivity index is 2.11. The van der Waals surface area contributed by atoms with Crippen LogP contribution in [0.4, 0.5) is 5.82 Å². The Morgan fingerprint density at radius 2 is 2.35 bits per heavy atom. The number of hydrogen-bond acceptors (Lipinski definition) is 4. The van der Waals surface area contributed by atoms with E-state index in [1.165, 1.54) is 6.20 Å². The van der Waals surface area contributed by atoms with E-state index in [4.69, 9.17) is 5.73 Å². The van der Waals surface area contributed by atoms with E-state index in [9.17, 15) is 9.90 Å². The number of aliphatic hydroxyl groups is 1. The van der Waals surface area contributed by atoms with Crippen LogP contribution in [0.15, 0.2) is 16.7 Å².